The highest BCUT2D eigenvalue weighted by Gasteiger charge is 2.28. The van der Waals surface area contributed by atoms with Gasteiger partial charge in [0.15, 0.2) is 0 Å². The van der Waals surface area contributed by atoms with Crippen LogP contribution in [0.5, 0.6) is 0 Å². The van der Waals surface area contributed by atoms with E-state index in [1.807, 2.05) is 0 Å². The number of anilines is 1. The molecule has 0 spiro atoms. The van der Waals surface area contributed by atoms with Crippen molar-refractivity contribution in [1.29, 1.82) is 0 Å². The van der Waals surface area contributed by atoms with Crippen molar-refractivity contribution in [1.82, 2.24) is 4.89 Å². The zero-order valence-corrected chi connectivity index (χ0v) is 14.0. The van der Waals surface area contributed by atoms with Gasteiger partial charge in [-0.2, -0.15) is 0 Å². The molecule has 0 atom stereocenters. The number of benzene rings is 1. The molecule has 1 aliphatic heterocycles. The number of rotatable bonds is 5. The number of imide groups is 1. The topological polar surface area (TPSA) is 92.8 Å². The van der Waals surface area contributed by atoms with E-state index in [-0.39, 0.29) is 22.8 Å². The fraction of sp³-hybridized carbons (Fsp3) is 0.500. The van der Waals surface area contributed by atoms with Gasteiger partial charge in [0.05, 0.1) is 16.7 Å². The van der Waals surface area contributed by atoms with E-state index >= 15 is 0 Å². The Bertz CT molecular complexity index is 707. The minimum Gasteiger partial charge on any atom is -0.284 e. The van der Waals surface area contributed by atoms with Crippen LogP contribution in [0.4, 0.5) is 5.69 Å². The third-order valence-electron chi connectivity index (χ3n) is 4.31. The number of piperidine rings is 1. The number of amides is 2. The molecule has 0 radical (unpaired) electrons. The molecule has 1 N–H and O–H groups in total. The summed E-state index contributed by atoms with van der Waals surface area (Å²) in [6.45, 7) is 0. The first-order chi connectivity index (χ1) is 11.5. The first kappa shape index (κ1) is 17.1. The molecular weight excluding hydrogens is 332 g/mol. The Morgan fingerprint density at radius 2 is 1.54 bits per heavy atom. The summed E-state index contributed by atoms with van der Waals surface area (Å²) in [4.78, 5) is 32.3. The molecule has 0 aromatic heterocycles. The standard InChI is InChI=1S/C16H20N2O5S/c19-15-6-3-7-16(20)18(15)12-8-10-14(11-9-12)24(21,22)17-23-13-4-1-2-5-13/h8-11,13,17H,1-7H2. The van der Waals surface area contributed by atoms with Crippen LogP contribution in [0.25, 0.3) is 0 Å². The molecule has 2 amide bonds. The third kappa shape index (κ3) is 3.66. The summed E-state index contributed by atoms with van der Waals surface area (Å²) in [6.07, 6.45) is 4.90. The van der Waals surface area contributed by atoms with Gasteiger partial charge in [-0.05, 0) is 43.5 Å². The number of hydrogen-bond acceptors (Lipinski definition) is 5. The molecule has 0 bridgehead atoms. The molecule has 8 heteroatoms. The van der Waals surface area contributed by atoms with Crippen molar-refractivity contribution in [3.05, 3.63) is 24.3 Å². The van der Waals surface area contributed by atoms with Crippen molar-refractivity contribution in [2.24, 2.45) is 0 Å². The Hall–Kier alpha value is -1.77. The lowest BCUT2D eigenvalue weighted by Crippen LogP contribution is -2.40. The van der Waals surface area contributed by atoms with Crippen LogP contribution >= 0.6 is 0 Å². The van der Waals surface area contributed by atoms with E-state index in [0.29, 0.717) is 24.9 Å². The van der Waals surface area contributed by atoms with Crippen LogP contribution in [0.2, 0.25) is 0 Å². The molecule has 2 aliphatic rings. The van der Waals surface area contributed by atoms with Crippen molar-refractivity contribution in [2.75, 3.05) is 4.90 Å². The van der Waals surface area contributed by atoms with Crippen molar-refractivity contribution in [3.63, 3.8) is 0 Å². The van der Waals surface area contributed by atoms with Gasteiger partial charge in [-0.3, -0.25) is 19.3 Å². The predicted molar refractivity (Wildman–Crippen MR) is 86.4 cm³/mol. The smallest absolute Gasteiger partial charge is 0.262 e. The van der Waals surface area contributed by atoms with Crippen molar-refractivity contribution >= 4 is 27.5 Å². The first-order valence-electron chi connectivity index (χ1n) is 8.11. The number of sulfonamides is 1. The lowest BCUT2D eigenvalue weighted by atomic mass is 10.1. The minimum atomic E-state index is -3.78. The second kappa shape index (κ2) is 7.00. The Kier molecular flexibility index (Phi) is 4.98. The fourth-order valence-corrected chi connectivity index (χ4v) is 3.85. The SMILES string of the molecule is O=C1CCCC(=O)N1c1ccc(S(=O)(=O)NOC2CCCC2)cc1. The summed E-state index contributed by atoms with van der Waals surface area (Å²) in [7, 11) is -3.78. The second-order valence-electron chi connectivity index (χ2n) is 6.08. The van der Waals surface area contributed by atoms with Gasteiger partial charge in [0.1, 0.15) is 0 Å². The highest BCUT2D eigenvalue weighted by molar-refractivity contribution is 7.89. The number of nitrogens with zero attached hydrogens (tertiary/aromatic N) is 1. The molecule has 3 rings (SSSR count). The zero-order valence-electron chi connectivity index (χ0n) is 13.2. The van der Waals surface area contributed by atoms with Gasteiger partial charge in [-0.1, -0.05) is 17.7 Å². The normalized spacial score (nSPS) is 19.9. The molecule has 1 saturated heterocycles. The van der Waals surface area contributed by atoms with Gasteiger partial charge >= 0.3 is 0 Å². The van der Waals surface area contributed by atoms with E-state index in [1.54, 1.807) is 0 Å². The maximum absolute atomic E-state index is 12.2. The van der Waals surface area contributed by atoms with Gasteiger partial charge in [0, 0.05) is 12.8 Å². The average molecular weight is 352 g/mol. The number of carbonyl (C=O) groups is 2. The molecule has 1 aliphatic carbocycles. The molecule has 1 aromatic rings. The van der Waals surface area contributed by atoms with Gasteiger partial charge in [-0.25, -0.2) is 8.42 Å². The highest BCUT2D eigenvalue weighted by atomic mass is 32.2. The molecule has 7 nitrogen and oxygen atoms in total. The summed E-state index contributed by atoms with van der Waals surface area (Å²) in [5, 5.41) is 0. The number of hydrogen-bond donors (Lipinski definition) is 1. The van der Waals surface area contributed by atoms with Gasteiger partial charge in [0.2, 0.25) is 11.8 Å². The molecule has 1 saturated carbocycles. The summed E-state index contributed by atoms with van der Waals surface area (Å²) < 4.78 is 24.4. The van der Waals surface area contributed by atoms with Crippen LogP contribution in [-0.4, -0.2) is 26.3 Å². The molecule has 24 heavy (non-hydrogen) atoms. The van der Waals surface area contributed by atoms with E-state index in [1.165, 1.54) is 24.3 Å². The second-order valence-corrected chi connectivity index (χ2v) is 7.73. The number of carbonyl (C=O) groups excluding carboxylic acids is 2. The molecule has 1 aromatic carbocycles. The van der Waals surface area contributed by atoms with E-state index in [9.17, 15) is 18.0 Å². The molecule has 1 heterocycles. The fourth-order valence-electron chi connectivity index (χ4n) is 3.00. The van der Waals surface area contributed by atoms with Gasteiger partial charge < -0.3 is 0 Å². The minimum absolute atomic E-state index is 0.0288. The number of nitrogens with one attached hydrogen (secondary N) is 1. The van der Waals surface area contributed by atoms with E-state index < -0.39 is 10.0 Å². The van der Waals surface area contributed by atoms with Gasteiger partial charge in [0.25, 0.3) is 10.0 Å². The Morgan fingerprint density at radius 1 is 0.958 bits per heavy atom. The van der Waals surface area contributed by atoms with E-state index in [2.05, 4.69) is 4.89 Å². The highest BCUT2D eigenvalue weighted by Crippen LogP contribution is 2.24. The average Bonchev–Trinajstić information content (AvgIpc) is 3.07. The van der Waals surface area contributed by atoms with Crippen LogP contribution < -0.4 is 9.79 Å². The van der Waals surface area contributed by atoms with Crippen molar-refractivity contribution < 1.29 is 22.8 Å². The maximum atomic E-state index is 12.2. The molecule has 130 valence electrons. The Balaban J connectivity index is 1.71. The monoisotopic (exact) mass is 352 g/mol. The van der Waals surface area contributed by atoms with E-state index in [4.69, 9.17) is 4.84 Å². The maximum Gasteiger partial charge on any atom is 0.262 e. The summed E-state index contributed by atoms with van der Waals surface area (Å²) >= 11 is 0. The summed E-state index contributed by atoms with van der Waals surface area (Å²) in [6, 6.07) is 5.66. The molecule has 0 unspecified atom stereocenters. The third-order valence-corrected chi connectivity index (χ3v) is 5.52. The van der Waals surface area contributed by atoms with E-state index in [0.717, 1.165) is 30.6 Å². The predicted octanol–water partition coefficient (Wildman–Crippen LogP) is 1.88. The molecule has 2 fully saturated rings. The van der Waals surface area contributed by atoms with Crippen molar-refractivity contribution in [3.8, 4) is 0 Å². The van der Waals surface area contributed by atoms with Crippen LogP contribution in [0, 0.1) is 0 Å². The lowest BCUT2D eigenvalue weighted by Gasteiger charge is -2.24. The van der Waals surface area contributed by atoms with Crippen LogP contribution in [0.15, 0.2) is 29.2 Å². The van der Waals surface area contributed by atoms with Gasteiger partial charge in [-0.15, -0.1) is 0 Å². The Morgan fingerprint density at radius 3 is 2.12 bits per heavy atom. The van der Waals surface area contributed by atoms with Crippen LogP contribution in [0.3, 0.4) is 0 Å². The van der Waals surface area contributed by atoms with Crippen LogP contribution in [-0.2, 0) is 24.4 Å². The first-order valence-corrected chi connectivity index (χ1v) is 9.59. The van der Waals surface area contributed by atoms with Crippen molar-refractivity contribution in [2.45, 2.75) is 55.9 Å². The Labute approximate surface area is 141 Å². The summed E-state index contributed by atoms with van der Waals surface area (Å²) in [5.41, 5.74) is 0.389. The quantitative estimate of drug-likeness (QED) is 0.645. The zero-order chi connectivity index (χ0) is 17.2. The van der Waals surface area contributed by atoms with Crippen LogP contribution in [0.1, 0.15) is 44.9 Å². The lowest BCUT2D eigenvalue weighted by molar-refractivity contribution is -0.129. The molecular formula is C16H20N2O5S. The summed E-state index contributed by atoms with van der Waals surface area (Å²) in [5.74, 6) is -0.519. The largest absolute Gasteiger partial charge is 0.284 e.